The minimum absolute atomic E-state index is 0.0802. The molecule has 1 aliphatic rings. The van der Waals surface area contributed by atoms with Gasteiger partial charge in [0.25, 0.3) is 11.5 Å². The van der Waals surface area contributed by atoms with E-state index in [0.29, 0.717) is 29.6 Å². The van der Waals surface area contributed by atoms with Gasteiger partial charge in [-0.3, -0.25) is 14.2 Å². The molecule has 3 aromatic rings. The van der Waals surface area contributed by atoms with Gasteiger partial charge >= 0.3 is 0 Å². The average molecular weight is 392 g/mol. The third-order valence-electron chi connectivity index (χ3n) is 5.18. The van der Waals surface area contributed by atoms with Crippen molar-refractivity contribution in [3.8, 4) is 0 Å². The monoisotopic (exact) mass is 392 g/mol. The zero-order valence-corrected chi connectivity index (χ0v) is 16.4. The summed E-state index contributed by atoms with van der Waals surface area (Å²) in [6, 6.07) is 13.0. The topological polar surface area (TPSA) is 76.5 Å². The molecule has 150 valence electrons. The van der Waals surface area contributed by atoms with Crippen molar-refractivity contribution in [1.29, 1.82) is 0 Å². The Bertz CT molecular complexity index is 1070. The van der Waals surface area contributed by atoms with Gasteiger partial charge in [-0.15, -0.1) is 0 Å². The minimum Gasteiger partial charge on any atom is -0.383 e. The molecule has 7 heteroatoms. The largest absolute Gasteiger partial charge is 0.383 e. The van der Waals surface area contributed by atoms with Crippen LogP contribution < -0.4 is 10.9 Å². The van der Waals surface area contributed by atoms with Gasteiger partial charge in [-0.2, -0.15) is 0 Å². The maximum Gasteiger partial charge on any atom is 0.261 e. The molecule has 2 aromatic carbocycles. The zero-order valence-electron chi connectivity index (χ0n) is 16.4. The van der Waals surface area contributed by atoms with E-state index in [1.807, 2.05) is 41.3 Å². The fraction of sp³-hybridized carbons (Fsp3) is 0.318. The molecule has 1 saturated heterocycles. The van der Waals surface area contributed by atoms with Crippen molar-refractivity contribution in [3.63, 3.8) is 0 Å². The van der Waals surface area contributed by atoms with E-state index in [2.05, 4.69) is 10.3 Å². The lowest BCUT2D eigenvalue weighted by Crippen LogP contribution is -2.27. The maximum absolute atomic E-state index is 12.5. The highest BCUT2D eigenvalue weighted by Crippen LogP contribution is 2.21. The fourth-order valence-corrected chi connectivity index (χ4v) is 3.55. The van der Waals surface area contributed by atoms with Crippen LogP contribution in [0.15, 0.2) is 53.6 Å². The molecule has 1 amide bonds. The van der Waals surface area contributed by atoms with Crippen molar-refractivity contribution in [2.24, 2.45) is 0 Å². The van der Waals surface area contributed by atoms with Crippen LogP contribution in [0, 0.1) is 0 Å². The fourth-order valence-electron chi connectivity index (χ4n) is 3.55. The molecular weight excluding hydrogens is 368 g/mol. The predicted octanol–water partition coefficient (Wildman–Crippen LogP) is 3.02. The molecule has 0 bridgehead atoms. The molecule has 0 radical (unpaired) electrons. The summed E-state index contributed by atoms with van der Waals surface area (Å²) in [6.45, 7) is 2.62. The number of methoxy groups -OCH3 is 1. The number of benzene rings is 2. The molecule has 1 fully saturated rings. The first-order valence-electron chi connectivity index (χ1n) is 9.80. The Hall–Kier alpha value is -3.19. The summed E-state index contributed by atoms with van der Waals surface area (Å²) in [4.78, 5) is 31.3. The van der Waals surface area contributed by atoms with Gasteiger partial charge in [-0.25, -0.2) is 4.98 Å². The van der Waals surface area contributed by atoms with Crippen molar-refractivity contribution in [2.45, 2.75) is 19.4 Å². The lowest BCUT2D eigenvalue weighted by Gasteiger charge is -2.15. The van der Waals surface area contributed by atoms with E-state index in [4.69, 9.17) is 4.74 Å². The third-order valence-corrected chi connectivity index (χ3v) is 5.18. The SMILES string of the molecule is COCCn1cnc2cc(Nc3ccc(C(=O)N4CCCC4)cc3)ccc2c1=O. The number of anilines is 2. The number of ether oxygens (including phenoxy) is 1. The highest BCUT2D eigenvalue weighted by atomic mass is 16.5. The number of fused-ring (bicyclic) bond motifs is 1. The Balaban J connectivity index is 1.50. The molecule has 1 aliphatic heterocycles. The molecule has 7 nitrogen and oxygen atoms in total. The van der Waals surface area contributed by atoms with E-state index in [1.165, 1.54) is 0 Å². The summed E-state index contributed by atoms with van der Waals surface area (Å²) in [5.41, 5.74) is 2.96. The lowest BCUT2D eigenvalue weighted by atomic mass is 10.1. The Kier molecular flexibility index (Phi) is 5.57. The Morgan fingerprint density at radius 2 is 1.83 bits per heavy atom. The molecule has 1 N–H and O–H groups in total. The van der Waals surface area contributed by atoms with Crippen molar-refractivity contribution in [1.82, 2.24) is 14.5 Å². The number of aromatic nitrogens is 2. The van der Waals surface area contributed by atoms with Crippen LogP contribution >= 0.6 is 0 Å². The average Bonchev–Trinajstić information content (AvgIpc) is 3.28. The Labute approximate surface area is 168 Å². The van der Waals surface area contributed by atoms with Gasteiger partial charge in [-0.1, -0.05) is 0 Å². The van der Waals surface area contributed by atoms with Crippen molar-refractivity contribution >= 4 is 28.2 Å². The van der Waals surface area contributed by atoms with Crippen LogP contribution in [0.2, 0.25) is 0 Å². The first-order valence-corrected chi connectivity index (χ1v) is 9.80. The quantitative estimate of drug-likeness (QED) is 0.698. The van der Waals surface area contributed by atoms with Gasteiger partial charge in [-0.05, 0) is 55.3 Å². The van der Waals surface area contributed by atoms with E-state index in [0.717, 1.165) is 37.3 Å². The second-order valence-corrected chi connectivity index (χ2v) is 7.17. The number of hydrogen-bond donors (Lipinski definition) is 1. The number of nitrogens with zero attached hydrogens (tertiary/aromatic N) is 3. The molecule has 0 aliphatic carbocycles. The van der Waals surface area contributed by atoms with Crippen molar-refractivity contribution in [2.75, 3.05) is 32.1 Å². The van der Waals surface area contributed by atoms with Gasteiger partial charge in [0.2, 0.25) is 0 Å². The van der Waals surface area contributed by atoms with Crippen LogP contribution in [0.5, 0.6) is 0 Å². The summed E-state index contributed by atoms with van der Waals surface area (Å²) >= 11 is 0. The maximum atomic E-state index is 12.5. The Morgan fingerprint density at radius 1 is 1.10 bits per heavy atom. The highest BCUT2D eigenvalue weighted by molar-refractivity contribution is 5.94. The van der Waals surface area contributed by atoms with Crippen LogP contribution in [0.25, 0.3) is 10.9 Å². The summed E-state index contributed by atoms with van der Waals surface area (Å²) in [7, 11) is 1.60. The first-order chi connectivity index (χ1) is 14.2. The number of rotatable bonds is 6. The minimum atomic E-state index is -0.0802. The van der Waals surface area contributed by atoms with E-state index in [-0.39, 0.29) is 11.5 Å². The zero-order chi connectivity index (χ0) is 20.2. The summed E-state index contributed by atoms with van der Waals surface area (Å²) in [6.07, 6.45) is 3.71. The predicted molar refractivity (Wildman–Crippen MR) is 113 cm³/mol. The molecule has 0 spiro atoms. The number of carbonyl (C=O) groups is 1. The normalized spacial score (nSPS) is 13.8. The number of hydrogen-bond acceptors (Lipinski definition) is 5. The van der Waals surface area contributed by atoms with Gasteiger partial charge in [0.05, 0.1) is 30.4 Å². The van der Waals surface area contributed by atoms with E-state index in [1.54, 1.807) is 24.1 Å². The van der Waals surface area contributed by atoms with Crippen LogP contribution in [0.4, 0.5) is 11.4 Å². The van der Waals surface area contributed by atoms with Crippen LogP contribution in [0.3, 0.4) is 0 Å². The molecule has 0 unspecified atom stereocenters. The molecule has 1 aromatic heterocycles. The van der Waals surface area contributed by atoms with Gasteiger partial charge in [0, 0.05) is 37.1 Å². The van der Waals surface area contributed by atoms with Crippen LogP contribution in [-0.4, -0.2) is 47.2 Å². The van der Waals surface area contributed by atoms with Crippen molar-refractivity contribution < 1.29 is 9.53 Å². The molecule has 2 heterocycles. The second kappa shape index (κ2) is 8.45. The summed E-state index contributed by atoms with van der Waals surface area (Å²) in [5, 5.41) is 3.88. The molecule has 0 saturated carbocycles. The van der Waals surface area contributed by atoms with Gasteiger partial charge in [0.15, 0.2) is 0 Å². The van der Waals surface area contributed by atoms with E-state index < -0.39 is 0 Å². The number of nitrogens with one attached hydrogen (secondary N) is 1. The standard InChI is InChI=1S/C22H24N4O3/c1-29-13-12-26-15-23-20-14-18(8-9-19(20)22(26)28)24-17-6-4-16(5-7-17)21(27)25-10-2-3-11-25/h4-9,14-15,24H,2-3,10-13H2,1H3. The van der Waals surface area contributed by atoms with Gasteiger partial charge in [0.1, 0.15) is 0 Å². The molecule has 0 atom stereocenters. The van der Waals surface area contributed by atoms with Gasteiger partial charge < -0.3 is 15.0 Å². The Morgan fingerprint density at radius 3 is 2.55 bits per heavy atom. The summed E-state index contributed by atoms with van der Waals surface area (Å²) in [5.74, 6) is 0.0914. The number of likely N-dealkylation sites (tertiary alicyclic amines) is 1. The van der Waals surface area contributed by atoms with E-state index in [9.17, 15) is 9.59 Å². The first kappa shape index (κ1) is 19.1. The summed E-state index contributed by atoms with van der Waals surface area (Å²) < 4.78 is 6.58. The lowest BCUT2D eigenvalue weighted by molar-refractivity contribution is 0.0793. The van der Waals surface area contributed by atoms with Crippen molar-refractivity contribution in [3.05, 3.63) is 64.7 Å². The second-order valence-electron chi connectivity index (χ2n) is 7.17. The van der Waals surface area contributed by atoms with E-state index >= 15 is 0 Å². The number of amides is 1. The molecular formula is C22H24N4O3. The third kappa shape index (κ3) is 4.14. The molecule has 29 heavy (non-hydrogen) atoms. The smallest absolute Gasteiger partial charge is 0.261 e. The highest BCUT2D eigenvalue weighted by Gasteiger charge is 2.19. The van der Waals surface area contributed by atoms with Crippen LogP contribution in [-0.2, 0) is 11.3 Å². The van der Waals surface area contributed by atoms with Crippen LogP contribution in [0.1, 0.15) is 23.2 Å². The molecule has 4 rings (SSSR count). The number of carbonyl (C=O) groups excluding carboxylic acids is 1.